The van der Waals surface area contributed by atoms with E-state index in [9.17, 15) is 23.1 Å². The highest BCUT2D eigenvalue weighted by molar-refractivity contribution is 5.77. The minimum atomic E-state index is -4.46. The lowest BCUT2D eigenvalue weighted by molar-refractivity contribution is -0.176. The van der Waals surface area contributed by atoms with Gasteiger partial charge in [0.25, 0.3) is 0 Å². The van der Waals surface area contributed by atoms with Crippen molar-refractivity contribution < 1.29 is 27.8 Å². The number of aliphatic hydroxyl groups excluding tert-OH is 1. The highest BCUT2D eigenvalue weighted by Crippen LogP contribution is 2.32. The number of carbonyl (C=O) groups is 1. The predicted octanol–water partition coefficient (Wildman–Crippen LogP) is 0.561. The third-order valence-electron chi connectivity index (χ3n) is 3.18. The molecule has 21 heavy (non-hydrogen) atoms. The number of hydrogen-bond acceptors (Lipinski definition) is 4. The SMILES string of the molecule is Cc1cnn([C@H]2[C@H](O)C[C@@H]2NC(=O)COCC(F)(F)F)c1. The lowest BCUT2D eigenvalue weighted by Crippen LogP contribution is -2.56. The van der Waals surface area contributed by atoms with Crippen molar-refractivity contribution in [1.82, 2.24) is 15.1 Å². The van der Waals surface area contributed by atoms with Crippen LogP contribution in [0.4, 0.5) is 13.2 Å². The van der Waals surface area contributed by atoms with Crippen LogP contribution in [0.15, 0.2) is 12.4 Å². The fourth-order valence-electron chi connectivity index (χ4n) is 2.22. The molecule has 6 nitrogen and oxygen atoms in total. The van der Waals surface area contributed by atoms with E-state index in [1.165, 1.54) is 0 Å². The van der Waals surface area contributed by atoms with Gasteiger partial charge in [-0.15, -0.1) is 0 Å². The number of halogens is 3. The van der Waals surface area contributed by atoms with Crippen LogP contribution in [0.1, 0.15) is 18.0 Å². The Morgan fingerprint density at radius 2 is 2.33 bits per heavy atom. The normalized spacial score (nSPS) is 25.5. The molecule has 0 radical (unpaired) electrons. The molecule has 0 unspecified atom stereocenters. The van der Waals surface area contributed by atoms with E-state index in [2.05, 4.69) is 15.2 Å². The highest BCUT2D eigenvalue weighted by atomic mass is 19.4. The molecule has 1 aliphatic rings. The van der Waals surface area contributed by atoms with Gasteiger partial charge in [-0.1, -0.05) is 0 Å². The average molecular weight is 307 g/mol. The molecule has 1 aromatic heterocycles. The smallest absolute Gasteiger partial charge is 0.391 e. The summed E-state index contributed by atoms with van der Waals surface area (Å²) >= 11 is 0. The highest BCUT2D eigenvalue weighted by Gasteiger charge is 2.42. The molecule has 3 atom stereocenters. The third-order valence-corrected chi connectivity index (χ3v) is 3.18. The van der Waals surface area contributed by atoms with E-state index in [1.807, 2.05) is 6.92 Å². The zero-order chi connectivity index (χ0) is 15.6. The molecule has 0 aromatic carbocycles. The summed E-state index contributed by atoms with van der Waals surface area (Å²) in [7, 11) is 0. The van der Waals surface area contributed by atoms with Gasteiger partial charge in [-0.05, 0) is 18.9 Å². The van der Waals surface area contributed by atoms with Crippen molar-refractivity contribution in [1.29, 1.82) is 0 Å². The Labute approximate surface area is 118 Å². The number of nitrogens with one attached hydrogen (secondary N) is 1. The first-order valence-corrected chi connectivity index (χ1v) is 6.39. The second-order valence-electron chi connectivity index (χ2n) is 5.07. The van der Waals surface area contributed by atoms with Crippen LogP contribution in [-0.2, 0) is 9.53 Å². The molecule has 0 spiro atoms. The summed E-state index contributed by atoms with van der Waals surface area (Å²) in [5.41, 5.74) is 0.910. The molecule has 1 amide bonds. The zero-order valence-corrected chi connectivity index (χ0v) is 11.3. The number of nitrogens with zero attached hydrogens (tertiary/aromatic N) is 2. The van der Waals surface area contributed by atoms with Crippen molar-refractivity contribution in [3.05, 3.63) is 18.0 Å². The topological polar surface area (TPSA) is 76.4 Å². The van der Waals surface area contributed by atoms with Gasteiger partial charge in [0.2, 0.25) is 5.91 Å². The number of amides is 1. The summed E-state index contributed by atoms with van der Waals surface area (Å²) in [4.78, 5) is 11.5. The predicted molar refractivity (Wildman–Crippen MR) is 65.4 cm³/mol. The van der Waals surface area contributed by atoms with E-state index in [1.54, 1.807) is 17.1 Å². The van der Waals surface area contributed by atoms with Crippen LogP contribution in [0, 0.1) is 6.92 Å². The first-order chi connectivity index (χ1) is 9.76. The Balaban J connectivity index is 1.81. The van der Waals surface area contributed by atoms with Gasteiger partial charge in [-0.25, -0.2) is 0 Å². The minimum absolute atomic E-state index is 0.328. The Morgan fingerprint density at radius 3 is 2.86 bits per heavy atom. The quantitative estimate of drug-likeness (QED) is 0.833. The summed E-state index contributed by atoms with van der Waals surface area (Å²) in [6.45, 7) is -0.292. The Bertz CT molecular complexity index is 503. The van der Waals surface area contributed by atoms with E-state index >= 15 is 0 Å². The van der Waals surface area contributed by atoms with Crippen LogP contribution in [0.2, 0.25) is 0 Å². The van der Waals surface area contributed by atoms with Crippen LogP contribution < -0.4 is 5.32 Å². The van der Waals surface area contributed by atoms with Crippen LogP contribution in [0.5, 0.6) is 0 Å². The summed E-state index contributed by atoms with van der Waals surface area (Å²) in [6.07, 6.45) is -1.43. The zero-order valence-electron chi connectivity index (χ0n) is 11.3. The molecule has 1 fully saturated rings. The van der Waals surface area contributed by atoms with Crippen molar-refractivity contribution in [2.75, 3.05) is 13.2 Å². The average Bonchev–Trinajstić information content (AvgIpc) is 2.72. The Morgan fingerprint density at radius 1 is 1.62 bits per heavy atom. The standard InChI is InChI=1S/C12H16F3N3O3/c1-7-3-16-18(4-7)11-8(2-9(11)19)17-10(20)5-21-6-12(13,14)15/h3-4,8-9,11,19H,2,5-6H2,1H3,(H,17,20)/t8-,9+,11+/m0/s1. The van der Waals surface area contributed by atoms with Gasteiger partial charge in [0.05, 0.1) is 24.4 Å². The number of ether oxygens (including phenoxy) is 1. The van der Waals surface area contributed by atoms with Crippen LogP contribution in [-0.4, -0.2) is 52.3 Å². The Hall–Kier alpha value is -1.61. The summed E-state index contributed by atoms with van der Waals surface area (Å²) in [5.74, 6) is -0.648. The third kappa shape index (κ3) is 4.18. The van der Waals surface area contributed by atoms with Crippen LogP contribution >= 0.6 is 0 Å². The number of aliphatic hydroxyl groups is 1. The summed E-state index contributed by atoms with van der Waals surface area (Å²) < 4.78 is 41.5. The minimum Gasteiger partial charge on any atom is -0.391 e. The molecule has 1 aromatic rings. The second-order valence-corrected chi connectivity index (χ2v) is 5.07. The summed E-state index contributed by atoms with van der Waals surface area (Å²) in [5, 5.41) is 16.3. The van der Waals surface area contributed by atoms with Gasteiger partial charge in [0.1, 0.15) is 13.2 Å². The van der Waals surface area contributed by atoms with Gasteiger partial charge in [-0.2, -0.15) is 18.3 Å². The first-order valence-electron chi connectivity index (χ1n) is 6.39. The molecule has 0 saturated heterocycles. The maximum atomic E-state index is 11.9. The number of rotatable bonds is 5. The Kier molecular flexibility index (Phi) is 4.52. The fraction of sp³-hybridized carbons (Fsp3) is 0.667. The monoisotopic (exact) mass is 307 g/mol. The maximum absolute atomic E-state index is 11.9. The van der Waals surface area contributed by atoms with Crippen molar-refractivity contribution in [2.45, 2.75) is 37.7 Å². The van der Waals surface area contributed by atoms with Gasteiger partial charge in [0.15, 0.2) is 0 Å². The molecule has 0 aliphatic heterocycles. The van der Waals surface area contributed by atoms with Crippen molar-refractivity contribution in [3.63, 3.8) is 0 Å². The van der Waals surface area contributed by atoms with Crippen LogP contribution in [0.3, 0.4) is 0 Å². The molecule has 2 N–H and O–H groups in total. The van der Waals surface area contributed by atoms with Gasteiger partial charge < -0.3 is 15.2 Å². The molecular weight excluding hydrogens is 291 g/mol. The lowest BCUT2D eigenvalue weighted by atomic mass is 9.83. The van der Waals surface area contributed by atoms with Gasteiger partial charge >= 0.3 is 6.18 Å². The molecule has 2 rings (SSSR count). The number of alkyl halides is 3. The maximum Gasteiger partial charge on any atom is 0.411 e. The lowest BCUT2D eigenvalue weighted by Gasteiger charge is -2.41. The van der Waals surface area contributed by atoms with E-state index < -0.39 is 37.4 Å². The van der Waals surface area contributed by atoms with E-state index in [0.29, 0.717) is 6.42 Å². The largest absolute Gasteiger partial charge is 0.411 e. The van der Waals surface area contributed by atoms with E-state index in [0.717, 1.165) is 5.56 Å². The molecular formula is C12H16F3N3O3. The van der Waals surface area contributed by atoms with E-state index in [-0.39, 0.29) is 6.04 Å². The van der Waals surface area contributed by atoms with Crippen LogP contribution in [0.25, 0.3) is 0 Å². The molecule has 0 bridgehead atoms. The number of hydrogen-bond donors (Lipinski definition) is 2. The molecule has 1 heterocycles. The van der Waals surface area contributed by atoms with Crippen molar-refractivity contribution in [2.24, 2.45) is 0 Å². The second kappa shape index (κ2) is 6.02. The molecule has 1 aliphatic carbocycles. The van der Waals surface area contributed by atoms with Crippen molar-refractivity contribution in [3.8, 4) is 0 Å². The number of aryl methyl sites for hydroxylation is 1. The first kappa shape index (κ1) is 15.8. The molecule has 1 saturated carbocycles. The van der Waals surface area contributed by atoms with Crippen molar-refractivity contribution >= 4 is 5.91 Å². The van der Waals surface area contributed by atoms with E-state index in [4.69, 9.17) is 0 Å². The number of aromatic nitrogens is 2. The van der Waals surface area contributed by atoms with Gasteiger partial charge in [-0.3, -0.25) is 9.48 Å². The fourth-order valence-corrected chi connectivity index (χ4v) is 2.22. The molecule has 118 valence electrons. The number of carbonyl (C=O) groups excluding carboxylic acids is 1. The van der Waals surface area contributed by atoms with Gasteiger partial charge in [0, 0.05) is 6.20 Å². The summed E-state index contributed by atoms with van der Waals surface area (Å²) in [6, 6.07) is -0.786. The molecule has 9 heteroatoms.